The Morgan fingerprint density at radius 3 is 2.76 bits per heavy atom. The second kappa shape index (κ2) is 9.06. The highest BCUT2D eigenvalue weighted by atomic mass is 32.2. The monoisotopic (exact) mass is 261 g/mol. The van der Waals surface area contributed by atoms with Gasteiger partial charge in [-0.25, -0.2) is 0 Å². The van der Waals surface area contributed by atoms with E-state index < -0.39 is 10.8 Å². The van der Waals surface area contributed by atoms with Crippen LogP contribution in [0.2, 0.25) is 0 Å². The van der Waals surface area contributed by atoms with Crippen LogP contribution in [0.5, 0.6) is 0 Å². The van der Waals surface area contributed by atoms with Crippen molar-refractivity contribution < 1.29 is 8.95 Å². The first-order valence-electron chi connectivity index (χ1n) is 6.89. The van der Waals surface area contributed by atoms with Gasteiger partial charge >= 0.3 is 0 Å². The number of hydrogen-bond acceptors (Lipinski definition) is 3. The third-order valence-corrected chi connectivity index (χ3v) is 5.38. The van der Waals surface area contributed by atoms with Crippen molar-refractivity contribution in [1.29, 1.82) is 0 Å². The van der Waals surface area contributed by atoms with Gasteiger partial charge in [0.1, 0.15) is 0 Å². The van der Waals surface area contributed by atoms with Gasteiger partial charge in [-0.15, -0.1) is 0 Å². The lowest BCUT2D eigenvalue weighted by atomic mass is 10.1. The molecule has 0 radical (unpaired) electrons. The van der Waals surface area contributed by atoms with Gasteiger partial charge in [-0.3, -0.25) is 4.21 Å². The first-order chi connectivity index (χ1) is 8.29. The smallest absolute Gasteiger partial charge is 0.0501 e. The molecule has 1 rings (SSSR count). The maximum atomic E-state index is 12.3. The van der Waals surface area contributed by atoms with Gasteiger partial charge in [0.05, 0.1) is 5.25 Å². The Morgan fingerprint density at radius 2 is 2.06 bits per heavy atom. The van der Waals surface area contributed by atoms with E-state index in [1.54, 1.807) is 7.11 Å². The maximum absolute atomic E-state index is 12.3. The van der Waals surface area contributed by atoms with Crippen molar-refractivity contribution in [1.82, 2.24) is 5.32 Å². The topological polar surface area (TPSA) is 38.3 Å². The molecule has 0 spiro atoms. The lowest BCUT2D eigenvalue weighted by Crippen LogP contribution is -2.42. The molecule has 17 heavy (non-hydrogen) atoms. The molecule has 1 aliphatic carbocycles. The molecule has 1 aliphatic rings. The summed E-state index contributed by atoms with van der Waals surface area (Å²) in [5.74, 6) is 0.792. The summed E-state index contributed by atoms with van der Waals surface area (Å²) in [5.41, 5.74) is 0. The summed E-state index contributed by atoms with van der Waals surface area (Å²) >= 11 is 0. The molecule has 3 atom stereocenters. The summed E-state index contributed by atoms with van der Waals surface area (Å²) in [7, 11) is 1.01. The molecule has 0 saturated heterocycles. The van der Waals surface area contributed by atoms with E-state index >= 15 is 0 Å². The van der Waals surface area contributed by atoms with Crippen LogP contribution in [-0.2, 0) is 15.5 Å². The first-order valence-corrected chi connectivity index (χ1v) is 8.27. The van der Waals surface area contributed by atoms with Crippen LogP contribution in [0.15, 0.2) is 0 Å². The van der Waals surface area contributed by atoms with Crippen LogP contribution in [0.1, 0.15) is 45.4 Å². The van der Waals surface area contributed by atoms with E-state index in [0.717, 1.165) is 31.7 Å². The van der Waals surface area contributed by atoms with Gasteiger partial charge in [-0.1, -0.05) is 26.2 Å². The van der Waals surface area contributed by atoms with E-state index in [1.807, 2.05) is 0 Å². The van der Waals surface area contributed by atoms with Crippen LogP contribution >= 0.6 is 0 Å². The second-order valence-electron chi connectivity index (χ2n) is 4.77. The molecule has 0 aromatic rings. The molecule has 0 amide bonds. The van der Waals surface area contributed by atoms with Gasteiger partial charge in [0.15, 0.2) is 0 Å². The van der Waals surface area contributed by atoms with E-state index in [4.69, 9.17) is 4.74 Å². The molecule has 3 nitrogen and oxygen atoms in total. The molecular weight excluding hydrogens is 234 g/mol. The highest BCUT2D eigenvalue weighted by molar-refractivity contribution is 7.85. The molecule has 102 valence electrons. The summed E-state index contributed by atoms with van der Waals surface area (Å²) in [6.45, 7) is 3.84. The third-order valence-electron chi connectivity index (χ3n) is 3.45. The molecule has 4 heteroatoms. The Kier molecular flexibility index (Phi) is 8.06. The van der Waals surface area contributed by atoms with E-state index in [-0.39, 0.29) is 0 Å². The quantitative estimate of drug-likeness (QED) is 0.563. The number of methoxy groups -OCH3 is 1. The van der Waals surface area contributed by atoms with Crippen molar-refractivity contribution in [3.05, 3.63) is 0 Å². The van der Waals surface area contributed by atoms with Crippen LogP contribution in [0.3, 0.4) is 0 Å². The molecule has 0 aromatic carbocycles. The second-order valence-corrected chi connectivity index (χ2v) is 6.55. The average Bonchev–Trinajstić information content (AvgIpc) is 2.55. The zero-order chi connectivity index (χ0) is 12.5. The summed E-state index contributed by atoms with van der Waals surface area (Å²) in [5, 5.41) is 3.88. The minimum absolute atomic E-state index is 0.356. The lowest BCUT2D eigenvalue weighted by Gasteiger charge is -2.25. The van der Waals surface area contributed by atoms with E-state index in [1.165, 1.54) is 25.7 Å². The van der Waals surface area contributed by atoms with Crippen molar-refractivity contribution in [2.24, 2.45) is 0 Å². The van der Waals surface area contributed by atoms with E-state index in [2.05, 4.69) is 12.2 Å². The zero-order valence-electron chi connectivity index (χ0n) is 11.2. The Bertz CT molecular complexity index is 223. The SMILES string of the molecule is CCNC1CCCCCC1S(=O)CCCOC. The first kappa shape index (κ1) is 15.1. The standard InChI is InChI=1S/C13H27NO2S/c1-3-14-12-8-5-4-6-9-13(12)17(15)11-7-10-16-2/h12-14H,3-11H2,1-2H3. The Labute approximate surface area is 108 Å². The van der Waals surface area contributed by atoms with Crippen LogP contribution in [0.4, 0.5) is 0 Å². The summed E-state index contributed by atoms with van der Waals surface area (Å²) in [6.07, 6.45) is 7.05. The Hall–Kier alpha value is 0.0700. The minimum atomic E-state index is -0.693. The van der Waals surface area contributed by atoms with Crippen LogP contribution in [-0.4, -0.2) is 41.5 Å². The summed E-state index contributed by atoms with van der Waals surface area (Å²) in [4.78, 5) is 0. The highest BCUT2D eigenvalue weighted by Gasteiger charge is 2.27. The van der Waals surface area contributed by atoms with Gasteiger partial charge < -0.3 is 10.1 Å². The predicted molar refractivity (Wildman–Crippen MR) is 73.8 cm³/mol. The van der Waals surface area contributed by atoms with Crippen molar-refractivity contribution in [2.75, 3.05) is 26.0 Å². The Balaban J connectivity index is 2.46. The predicted octanol–water partition coefficient (Wildman–Crippen LogP) is 2.08. The van der Waals surface area contributed by atoms with Gasteiger partial charge in [-0.05, 0) is 25.8 Å². The molecule has 1 N–H and O–H groups in total. The van der Waals surface area contributed by atoms with Gasteiger partial charge in [0.25, 0.3) is 0 Å². The lowest BCUT2D eigenvalue weighted by molar-refractivity contribution is 0.200. The largest absolute Gasteiger partial charge is 0.385 e. The van der Waals surface area contributed by atoms with E-state index in [9.17, 15) is 4.21 Å². The van der Waals surface area contributed by atoms with Gasteiger partial charge in [0.2, 0.25) is 0 Å². The van der Waals surface area contributed by atoms with Gasteiger partial charge in [-0.2, -0.15) is 0 Å². The minimum Gasteiger partial charge on any atom is -0.385 e. The highest BCUT2D eigenvalue weighted by Crippen LogP contribution is 2.22. The summed E-state index contributed by atoms with van der Waals surface area (Å²) in [6, 6.07) is 0.464. The number of hydrogen-bond donors (Lipinski definition) is 1. The van der Waals surface area contributed by atoms with Gasteiger partial charge in [0, 0.05) is 36.3 Å². The fourth-order valence-corrected chi connectivity index (χ4v) is 4.31. The van der Waals surface area contributed by atoms with Crippen molar-refractivity contribution >= 4 is 10.8 Å². The molecule has 1 saturated carbocycles. The number of rotatable bonds is 7. The number of ether oxygens (including phenoxy) is 1. The fourth-order valence-electron chi connectivity index (χ4n) is 2.58. The molecule has 0 heterocycles. The summed E-state index contributed by atoms with van der Waals surface area (Å²) < 4.78 is 17.4. The number of nitrogens with one attached hydrogen (secondary N) is 1. The Morgan fingerprint density at radius 1 is 1.29 bits per heavy atom. The third kappa shape index (κ3) is 5.49. The molecule has 1 fully saturated rings. The van der Waals surface area contributed by atoms with E-state index in [0.29, 0.717) is 11.3 Å². The normalized spacial score (nSPS) is 27.6. The maximum Gasteiger partial charge on any atom is 0.0501 e. The van der Waals surface area contributed by atoms with Crippen LogP contribution in [0, 0.1) is 0 Å². The van der Waals surface area contributed by atoms with Crippen molar-refractivity contribution in [2.45, 2.75) is 56.7 Å². The van der Waals surface area contributed by atoms with Crippen LogP contribution in [0.25, 0.3) is 0 Å². The molecule has 3 unspecified atom stereocenters. The average molecular weight is 261 g/mol. The molecule has 0 aromatic heterocycles. The fraction of sp³-hybridized carbons (Fsp3) is 1.00. The molecular formula is C13H27NO2S. The van der Waals surface area contributed by atoms with Crippen LogP contribution < -0.4 is 5.32 Å². The molecule has 0 bridgehead atoms. The van der Waals surface area contributed by atoms with Crippen molar-refractivity contribution in [3.63, 3.8) is 0 Å². The zero-order valence-corrected chi connectivity index (χ0v) is 12.1. The van der Waals surface area contributed by atoms with Crippen molar-refractivity contribution in [3.8, 4) is 0 Å². The molecule has 0 aliphatic heterocycles.